The normalized spacial score (nSPS) is 9.21. The Morgan fingerprint density at radius 2 is 2.07 bits per heavy atom. The molecule has 2 aromatic rings. The summed E-state index contributed by atoms with van der Waals surface area (Å²) in [6.07, 6.45) is 0. The third-order valence-corrected chi connectivity index (χ3v) is 1.99. The van der Waals surface area contributed by atoms with E-state index in [9.17, 15) is 0 Å². The highest BCUT2D eigenvalue weighted by molar-refractivity contribution is 9.10. The number of anilines is 1. The van der Waals surface area contributed by atoms with E-state index in [2.05, 4.69) is 15.9 Å². The lowest BCUT2D eigenvalue weighted by atomic mass is 10.3. The molecule has 0 aliphatic rings. The van der Waals surface area contributed by atoms with Gasteiger partial charge in [0.15, 0.2) is 5.88 Å². The molecular weight excluding hydrogens is 250 g/mol. The summed E-state index contributed by atoms with van der Waals surface area (Å²) in [6, 6.07) is 7.58. The van der Waals surface area contributed by atoms with E-state index in [-0.39, 0.29) is 6.47 Å². The summed E-state index contributed by atoms with van der Waals surface area (Å²) in [4.78, 5) is 8.36. The SMILES string of the molecule is Nc1cc2cc(Br)ccc2o1.O=CO. The van der Waals surface area contributed by atoms with E-state index in [0.29, 0.717) is 5.88 Å². The van der Waals surface area contributed by atoms with E-state index in [1.165, 1.54) is 0 Å². The Morgan fingerprint density at radius 3 is 2.71 bits per heavy atom. The molecule has 1 aromatic carbocycles. The molecule has 0 spiro atoms. The third kappa shape index (κ3) is 2.50. The van der Waals surface area contributed by atoms with E-state index in [4.69, 9.17) is 20.1 Å². The highest BCUT2D eigenvalue weighted by atomic mass is 79.9. The van der Waals surface area contributed by atoms with Gasteiger partial charge in [0.05, 0.1) is 0 Å². The number of hydrogen-bond acceptors (Lipinski definition) is 3. The number of furan rings is 1. The molecule has 14 heavy (non-hydrogen) atoms. The van der Waals surface area contributed by atoms with Gasteiger partial charge in [0, 0.05) is 15.9 Å². The van der Waals surface area contributed by atoms with E-state index in [1.807, 2.05) is 18.2 Å². The molecule has 0 saturated carbocycles. The smallest absolute Gasteiger partial charge is 0.290 e. The average molecular weight is 258 g/mol. The number of nitrogen functional groups attached to an aromatic ring is 1. The fraction of sp³-hybridized carbons (Fsp3) is 0. The zero-order valence-electron chi connectivity index (χ0n) is 7.11. The second-order valence-corrected chi connectivity index (χ2v) is 3.35. The summed E-state index contributed by atoms with van der Waals surface area (Å²) in [5.74, 6) is 0.457. The first kappa shape index (κ1) is 10.6. The van der Waals surface area contributed by atoms with Gasteiger partial charge in [-0.1, -0.05) is 15.9 Å². The first-order chi connectivity index (χ1) is 6.67. The molecule has 0 amide bonds. The van der Waals surface area contributed by atoms with Crippen LogP contribution < -0.4 is 5.73 Å². The van der Waals surface area contributed by atoms with Crippen molar-refractivity contribution < 1.29 is 14.3 Å². The van der Waals surface area contributed by atoms with Crippen LogP contribution in [0.25, 0.3) is 11.0 Å². The van der Waals surface area contributed by atoms with Crippen LogP contribution in [-0.2, 0) is 4.79 Å². The van der Waals surface area contributed by atoms with Gasteiger partial charge >= 0.3 is 0 Å². The summed E-state index contributed by atoms with van der Waals surface area (Å²) in [6.45, 7) is -0.250. The van der Waals surface area contributed by atoms with Gasteiger partial charge in [-0.15, -0.1) is 0 Å². The number of fused-ring (bicyclic) bond motifs is 1. The van der Waals surface area contributed by atoms with Crippen molar-refractivity contribution in [3.05, 3.63) is 28.7 Å². The van der Waals surface area contributed by atoms with E-state index in [0.717, 1.165) is 15.4 Å². The lowest BCUT2D eigenvalue weighted by molar-refractivity contribution is -0.122. The highest BCUT2D eigenvalue weighted by Crippen LogP contribution is 2.23. The number of nitrogens with two attached hydrogens (primary N) is 1. The predicted molar refractivity (Wildman–Crippen MR) is 57.0 cm³/mol. The molecule has 2 rings (SSSR count). The lowest BCUT2D eigenvalue weighted by Gasteiger charge is -1.87. The van der Waals surface area contributed by atoms with E-state index < -0.39 is 0 Å². The van der Waals surface area contributed by atoms with Crippen LogP contribution in [0.4, 0.5) is 5.88 Å². The minimum atomic E-state index is -0.250. The number of rotatable bonds is 0. The average Bonchev–Trinajstić information content (AvgIpc) is 2.45. The quantitative estimate of drug-likeness (QED) is 0.711. The summed E-state index contributed by atoms with van der Waals surface area (Å²) in [7, 11) is 0. The summed E-state index contributed by atoms with van der Waals surface area (Å²) in [5, 5.41) is 7.91. The molecule has 0 aliphatic carbocycles. The van der Waals surface area contributed by atoms with Crippen LogP contribution in [0.3, 0.4) is 0 Å². The molecule has 1 heterocycles. The van der Waals surface area contributed by atoms with Gasteiger partial charge in [-0.2, -0.15) is 0 Å². The number of hydrogen-bond donors (Lipinski definition) is 2. The molecule has 5 heteroatoms. The van der Waals surface area contributed by atoms with Crippen LogP contribution in [-0.4, -0.2) is 11.6 Å². The van der Waals surface area contributed by atoms with Crippen LogP contribution in [0.1, 0.15) is 0 Å². The zero-order valence-corrected chi connectivity index (χ0v) is 8.69. The number of carboxylic acid groups (broad SMARTS) is 1. The summed E-state index contributed by atoms with van der Waals surface area (Å²) in [5.41, 5.74) is 6.28. The zero-order chi connectivity index (χ0) is 10.6. The molecule has 0 atom stereocenters. The Labute approximate surface area is 88.4 Å². The van der Waals surface area contributed by atoms with Gasteiger partial charge in [-0.25, -0.2) is 0 Å². The van der Waals surface area contributed by atoms with Crippen LogP contribution in [0.2, 0.25) is 0 Å². The summed E-state index contributed by atoms with van der Waals surface area (Å²) >= 11 is 3.36. The lowest BCUT2D eigenvalue weighted by Crippen LogP contribution is -1.75. The maximum Gasteiger partial charge on any atom is 0.290 e. The van der Waals surface area contributed by atoms with Crippen molar-refractivity contribution in [2.45, 2.75) is 0 Å². The standard InChI is InChI=1S/C8H6BrNO.CH2O2/c9-6-1-2-7-5(3-6)4-8(10)11-7;2-1-3/h1-4H,10H2;1H,(H,2,3). The van der Waals surface area contributed by atoms with Gasteiger partial charge in [-0.05, 0) is 18.2 Å². The monoisotopic (exact) mass is 257 g/mol. The second kappa shape index (κ2) is 4.66. The Bertz CT molecular complexity index is 439. The maximum atomic E-state index is 8.36. The Morgan fingerprint density at radius 1 is 1.43 bits per heavy atom. The van der Waals surface area contributed by atoms with Gasteiger partial charge in [0.25, 0.3) is 6.47 Å². The van der Waals surface area contributed by atoms with Crippen molar-refractivity contribution >= 4 is 39.3 Å². The Hall–Kier alpha value is -1.49. The number of halogens is 1. The van der Waals surface area contributed by atoms with Gasteiger partial charge in [-0.3, -0.25) is 4.79 Å². The van der Waals surface area contributed by atoms with Gasteiger partial charge in [0.1, 0.15) is 5.58 Å². The minimum absolute atomic E-state index is 0.250. The van der Waals surface area contributed by atoms with Crippen LogP contribution in [0, 0.1) is 0 Å². The highest BCUT2D eigenvalue weighted by Gasteiger charge is 1.99. The van der Waals surface area contributed by atoms with Crippen molar-refractivity contribution in [2.24, 2.45) is 0 Å². The Kier molecular flexibility index (Phi) is 3.53. The number of benzene rings is 1. The molecule has 4 nitrogen and oxygen atoms in total. The maximum absolute atomic E-state index is 8.36. The molecule has 0 aliphatic heterocycles. The first-order valence-electron chi connectivity index (χ1n) is 3.70. The second-order valence-electron chi connectivity index (χ2n) is 2.44. The Balaban J connectivity index is 0.000000293. The molecule has 3 N–H and O–H groups in total. The van der Waals surface area contributed by atoms with Crippen molar-refractivity contribution in [2.75, 3.05) is 5.73 Å². The molecule has 0 unspecified atom stereocenters. The third-order valence-electron chi connectivity index (χ3n) is 1.50. The minimum Gasteiger partial charge on any atom is -0.483 e. The number of carbonyl (C=O) groups is 1. The molecular formula is C9H8BrNO3. The van der Waals surface area contributed by atoms with Crippen molar-refractivity contribution in [3.8, 4) is 0 Å². The van der Waals surface area contributed by atoms with Crippen LogP contribution in [0.15, 0.2) is 33.2 Å². The predicted octanol–water partition coefficient (Wildman–Crippen LogP) is 2.48. The van der Waals surface area contributed by atoms with Gasteiger partial charge < -0.3 is 15.3 Å². The van der Waals surface area contributed by atoms with Crippen molar-refractivity contribution in [1.29, 1.82) is 0 Å². The van der Waals surface area contributed by atoms with E-state index >= 15 is 0 Å². The molecule has 0 fully saturated rings. The fourth-order valence-corrected chi connectivity index (χ4v) is 1.41. The van der Waals surface area contributed by atoms with Gasteiger partial charge in [0.2, 0.25) is 0 Å². The van der Waals surface area contributed by atoms with Crippen molar-refractivity contribution in [1.82, 2.24) is 0 Å². The van der Waals surface area contributed by atoms with Crippen LogP contribution >= 0.6 is 15.9 Å². The van der Waals surface area contributed by atoms with Crippen LogP contribution in [0.5, 0.6) is 0 Å². The molecule has 0 radical (unpaired) electrons. The topological polar surface area (TPSA) is 76.5 Å². The molecule has 0 bridgehead atoms. The molecule has 1 aromatic heterocycles. The largest absolute Gasteiger partial charge is 0.483 e. The summed E-state index contributed by atoms with van der Waals surface area (Å²) < 4.78 is 6.21. The first-order valence-corrected chi connectivity index (χ1v) is 4.49. The fourth-order valence-electron chi connectivity index (χ4n) is 1.03. The van der Waals surface area contributed by atoms with E-state index in [1.54, 1.807) is 6.07 Å². The molecule has 74 valence electrons. The van der Waals surface area contributed by atoms with Crippen molar-refractivity contribution in [3.63, 3.8) is 0 Å². The molecule has 0 saturated heterocycles.